The lowest BCUT2D eigenvalue weighted by Crippen LogP contribution is -2.28. The summed E-state index contributed by atoms with van der Waals surface area (Å²) in [5, 5.41) is 5.42. The molecule has 0 aromatic heterocycles. The van der Waals surface area contributed by atoms with Gasteiger partial charge in [0.05, 0.1) is 30.5 Å². The first-order chi connectivity index (χ1) is 12.9. The van der Waals surface area contributed by atoms with Crippen LogP contribution >= 0.6 is 11.6 Å². The molecule has 0 atom stereocenters. The molecule has 27 heavy (non-hydrogen) atoms. The first-order valence-corrected chi connectivity index (χ1v) is 8.38. The number of methoxy groups -OCH3 is 2. The van der Waals surface area contributed by atoms with E-state index in [1.165, 1.54) is 25.3 Å². The lowest BCUT2D eigenvalue weighted by atomic mass is 10.2. The second-order valence-corrected chi connectivity index (χ2v) is 5.91. The Kier molecular flexibility index (Phi) is 7.19. The molecule has 2 rings (SSSR count). The molecule has 0 unspecified atom stereocenters. The highest BCUT2D eigenvalue weighted by Gasteiger charge is 2.14. The van der Waals surface area contributed by atoms with E-state index in [4.69, 9.17) is 16.3 Å². The molecule has 0 fully saturated rings. The van der Waals surface area contributed by atoms with Gasteiger partial charge in [-0.25, -0.2) is 4.79 Å². The third-order valence-corrected chi connectivity index (χ3v) is 3.98. The van der Waals surface area contributed by atoms with Crippen LogP contribution in [-0.4, -0.2) is 32.0 Å². The van der Waals surface area contributed by atoms with E-state index in [9.17, 15) is 14.4 Å². The normalized spacial score (nSPS) is 10.0. The number of esters is 1. The average molecular weight is 391 g/mol. The monoisotopic (exact) mass is 390 g/mol. The Morgan fingerprint density at radius 1 is 1.04 bits per heavy atom. The number of benzene rings is 2. The first kappa shape index (κ1) is 20.3. The van der Waals surface area contributed by atoms with Crippen LogP contribution in [0, 0.1) is 0 Å². The summed E-state index contributed by atoms with van der Waals surface area (Å²) in [6.07, 6.45) is -0.395. The number of carbonyl (C=O) groups is 3. The second kappa shape index (κ2) is 9.59. The van der Waals surface area contributed by atoms with Crippen molar-refractivity contribution in [3.8, 4) is 5.75 Å². The lowest BCUT2D eigenvalue weighted by molar-refractivity contribution is -0.126. The van der Waals surface area contributed by atoms with Crippen LogP contribution in [0.25, 0.3) is 0 Å². The summed E-state index contributed by atoms with van der Waals surface area (Å²) in [7, 11) is 2.79. The lowest BCUT2D eigenvalue weighted by Gasteiger charge is -2.11. The fourth-order valence-corrected chi connectivity index (χ4v) is 2.48. The van der Waals surface area contributed by atoms with Gasteiger partial charge >= 0.3 is 5.97 Å². The minimum atomic E-state index is -0.559. The number of carbonyl (C=O) groups excluding carboxylic acids is 3. The van der Waals surface area contributed by atoms with Gasteiger partial charge in [0.2, 0.25) is 11.8 Å². The fraction of sp³-hybridized carbons (Fsp3) is 0.211. The van der Waals surface area contributed by atoms with Gasteiger partial charge in [-0.1, -0.05) is 29.8 Å². The van der Waals surface area contributed by atoms with Crippen LogP contribution < -0.4 is 15.4 Å². The number of hydrogen-bond acceptors (Lipinski definition) is 5. The molecule has 7 nitrogen and oxygen atoms in total. The van der Waals surface area contributed by atoms with Gasteiger partial charge in [-0.05, 0) is 24.3 Å². The molecule has 0 aliphatic rings. The summed E-state index contributed by atoms with van der Waals surface area (Å²) >= 11 is 6.02. The molecule has 8 heteroatoms. The molecule has 2 amide bonds. The Morgan fingerprint density at radius 2 is 1.78 bits per heavy atom. The van der Waals surface area contributed by atoms with E-state index in [0.29, 0.717) is 5.75 Å². The topological polar surface area (TPSA) is 93.7 Å². The number of rotatable bonds is 7. The molecule has 0 aliphatic heterocycles. The number of hydrogen-bond donors (Lipinski definition) is 2. The van der Waals surface area contributed by atoms with E-state index < -0.39 is 24.2 Å². The van der Waals surface area contributed by atoms with Crippen molar-refractivity contribution >= 4 is 35.1 Å². The Labute approximate surface area is 161 Å². The molecule has 0 bridgehead atoms. The number of halogens is 1. The van der Waals surface area contributed by atoms with Gasteiger partial charge in [-0.2, -0.15) is 0 Å². The van der Waals surface area contributed by atoms with Crippen LogP contribution in [-0.2, 0) is 20.9 Å². The zero-order chi connectivity index (χ0) is 19.8. The molecule has 2 N–H and O–H groups in total. The SMILES string of the molecule is COC(=O)c1ccc(Cl)c(NC(=O)CC(=O)NCc2ccccc2OC)c1. The summed E-state index contributed by atoms with van der Waals surface area (Å²) in [6, 6.07) is 11.6. The first-order valence-electron chi connectivity index (χ1n) is 8.01. The summed E-state index contributed by atoms with van der Waals surface area (Å²) in [4.78, 5) is 35.7. The third kappa shape index (κ3) is 5.72. The summed E-state index contributed by atoms with van der Waals surface area (Å²) in [5.74, 6) is -0.930. The predicted molar refractivity (Wildman–Crippen MR) is 101 cm³/mol. The van der Waals surface area contributed by atoms with Gasteiger partial charge < -0.3 is 20.1 Å². The molecule has 0 radical (unpaired) electrons. The number of amides is 2. The fourth-order valence-electron chi connectivity index (χ4n) is 2.31. The molecule has 0 aliphatic carbocycles. The number of ether oxygens (including phenoxy) is 2. The van der Waals surface area contributed by atoms with Gasteiger partial charge in [0, 0.05) is 12.1 Å². The highest BCUT2D eigenvalue weighted by molar-refractivity contribution is 6.34. The number of nitrogens with one attached hydrogen (secondary N) is 2. The van der Waals surface area contributed by atoms with Gasteiger partial charge in [0.15, 0.2) is 0 Å². The third-order valence-electron chi connectivity index (χ3n) is 3.65. The molecule has 0 spiro atoms. The minimum Gasteiger partial charge on any atom is -0.496 e. The van der Waals surface area contributed by atoms with Crippen LogP contribution in [0.3, 0.4) is 0 Å². The Bertz CT molecular complexity index is 854. The van der Waals surface area contributed by atoms with Gasteiger partial charge in [0.25, 0.3) is 0 Å². The number of para-hydroxylation sites is 1. The zero-order valence-corrected chi connectivity index (χ0v) is 15.6. The summed E-state index contributed by atoms with van der Waals surface area (Å²) in [5.41, 5.74) is 1.25. The van der Waals surface area contributed by atoms with Gasteiger partial charge in [-0.3, -0.25) is 9.59 Å². The van der Waals surface area contributed by atoms with Crippen molar-refractivity contribution in [1.29, 1.82) is 0 Å². The smallest absolute Gasteiger partial charge is 0.337 e. The minimum absolute atomic E-state index is 0.224. The molecule has 0 saturated heterocycles. The summed E-state index contributed by atoms with van der Waals surface area (Å²) < 4.78 is 9.83. The van der Waals surface area contributed by atoms with Crippen molar-refractivity contribution in [2.75, 3.05) is 19.5 Å². The maximum Gasteiger partial charge on any atom is 0.337 e. The van der Waals surface area contributed by atoms with Crippen molar-refractivity contribution in [2.45, 2.75) is 13.0 Å². The number of anilines is 1. The van der Waals surface area contributed by atoms with Crippen LogP contribution in [0.4, 0.5) is 5.69 Å². The van der Waals surface area contributed by atoms with Crippen molar-refractivity contribution < 1.29 is 23.9 Å². The highest BCUT2D eigenvalue weighted by atomic mass is 35.5. The average Bonchev–Trinajstić information content (AvgIpc) is 2.67. The Morgan fingerprint density at radius 3 is 2.48 bits per heavy atom. The van der Waals surface area contributed by atoms with Crippen LogP contribution in [0.15, 0.2) is 42.5 Å². The maximum absolute atomic E-state index is 12.1. The van der Waals surface area contributed by atoms with Gasteiger partial charge in [0.1, 0.15) is 12.2 Å². The Hall–Kier alpha value is -3.06. The van der Waals surface area contributed by atoms with Crippen molar-refractivity contribution in [1.82, 2.24) is 5.32 Å². The zero-order valence-electron chi connectivity index (χ0n) is 14.9. The van der Waals surface area contributed by atoms with E-state index in [-0.39, 0.29) is 22.8 Å². The van der Waals surface area contributed by atoms with Crippen LogP contribution in [0.5, 0.6) is 5.75 Å². The van der Waals surface area contributed by atoms with Crippen molar-refractivity contribution in [2.24, 2.45) is 0 Å². The quantitative estimate of drug-likeness (QED) is 0.560. The molecule has 0 heterocycles. The molecule has 0 saturated carbocycles. The van der Waals surface area contributed by atoms with E-state index in [2.05, 4.69) is 15.4 Å². The van der Waals surface area contributed by atoms with E-state index in [1.54, 1.807) is 13.2 Å². The molecule has 2 aromatic rings. The largest absolute Gasteiger partial charge is 0.496 e. The molecule has 2 aromatic carbocycles. The van der Waals surface area contributed by atoms with Gasteiger partial charge in [-0.15, -0.1) is 0 Å². The highest BCUT2D eigenvalue weighted by Crippen LogP contribution is 2.23. The summed E-state index contributed by atoms with van der Waals surface area (Å²) in [6.45, 7) is 0.231. The predicted octanol–water partition coefficient (Wildman–Crippen LogP) is 2.78. The van der Waals surface area contributed by atoms with Crippen molar-refractivity contribution in [3.63, 3.8) is 0 Å². The standard InChI is InChI=1S/C19H19ClN2O5/c1-26-16-6-4-3-5-13(16)11-21-17(23)10-18(24)22-15-9-12(19(25)27-2)7-8-14(15)20/h3-9H,10-11H2,1-2H3,(H,21,23)(H,22,24). The van der Waals surface area contributed by atoms with Crippen LogP contribution in [0.1, 0.15) is 22.3 Å². The van der Waals surface area contributed by atoms with Crippen LogP contribution in [0.2, 0.25) is 5.02 Å². The maximum atomic E-state index is 12.1. The van der Waals surface area contributed by atoms with Crippen molar-refractivity contribution in [3.05, 3.63) is 58.6 Å². The molecular weight excluding hydrogens is 372 g/mol. The molecular formula is C19H19ClN2O5. The van der Waals surface area contributed by atoms with E-state index in [0.717, 1.165) is 5.56 Å². The van der Waals surface area contributed by atoms with E-state index in [1.807, 2.05) is 18.2 Å². The second-order valence-electron chi connectivity index (χ2n) is 5.50. The molecule has 142 valence electrons. The van der Waals surface area contributed by atoms with E-state index >= 15 is 0 Å². The Balaban J connectivity index is 1.93.